The van der Waals surface area contributed by atoms with Crippen LogP contribution in [0.3, 0.4) is 0 Å². The molecule has 1 aromatic heterocycles. The summed E-state index contributed by atoms with van der Waals surface area (Å²) in [5.41, 5.74) is 0.409. The van der Waals surface area contributed by atoms with Crippen LogP contribution in [0.15, 0.2) is 36.7 Å². The number of aliphatic hydroxyl groups excluding tert-OH is 1. The van der Waals surface area contributed by atoms with Crippen molar-refractivity contribution < 1.29 is 18.3 Å². The first-order valence-electron chi connectivity index (χ1n) is 5.29. The first-order valence-corrected chi connectivity index (χ1v) is 5.29. The average Bonchev–Trinajstić information content (AvgIpc) is 2.35. The van der Waals surface area contributed by atoms with Gasteiger partial charge in [0.25, 0.3) is 0 Å². The first-order chi connectivity index (χ1) is 8.58. The molecule has 0 spiro atoms. The van der Waals surface area contributed by atoms with Gasteiger partial charge in [-0.25, -0.2) is 13.2 Å². The van der Waals surface area contributed by atoms with Crippen LogP contribution < -0.4 is 0 Å². The van der Waals surface area contributed by atoms with Crippen LogP contribution in [0.25, 0.3) is 0 Å². The molecule has 0 amide bonds. The lowest BCUT2D eigenvalue weighted by Gasteiger charge is -2.12. The highest BCUT2D eigenvalue weighted by Crippen LogP contribution is 2.23. The fraction of sp³-hybridized carbons (Fsp3) is 0.154. The monoisotopic (exact) mass is 253 g/mol. The van der Waals surface area contributed by atoms with Gasteiger partial charge in [0.1, 0.15) is 5.82 Å². The largest absolute Gasteiger partial charge is 0.388 e. The van der Waals surface area contributed by atoms with E-state index in [2.05, 4.69) is 4.98 Å². The van der Waals surface area contributed by atoms with E-state index in [1.165, 1.54) is 6.20 Å². The Bertz CT molecular complexity index is 545. The minimum atomic E-state index is -1.27. The number of hydrogen-bond acceptors (Lipinski definition) is 2. The molecule has 0 aliphatic rings. The van der Waals surface area contributed by atoms with Gasteiger partial charge in [0, 0.05) is 30.4 Å². The number of hydrogen-bond donors (Lipinski definition) is 1. The second kappa shape index (κ2) is 5.18. The van der Waals surface area contributed by atoms with Crippen LogP contribution in [0.1, 0.15) is 17.2 Å². The first kappa shape index (κ1) is 12.6. The molecule has 1 unspecified atom stereocenters. The van der Waals surface area contributed by atoms with Gasteiger partial charge in [-0.3, -0.25) is 4.98 Å². The van der Waals surface area contributed by atoms with E-state index in [-0.39, 0.29) is 12.0 Å². The van der Waals surface area contributed by atoms with E-state index in [1.54, 1.807) is 18.3 Å². The van der Waals surface area contributed by atoms with Gasteiger partial charge >= 0.3 is 0 Å². The molecule has 1 N–H and O–H groups in total. The number of aliphatic hydroxyl groups is 1. The number of pyridine rings is 1. The van der Waals surface area contributed by atoms with Crippen molar-refractivity contribution in [2.24, 2.45) is 0 Å². The molecule has 0 bridgehead atoms. The molecule has 18 heavy (non-hydrogen) atoms. The number of nitrogens with zero attached hydrogens (tertiary/aromatic N) is 1. The molecule has 0 saturated carbocycles. The summed E-state index contributed by atoms with van der Waals surface area (Å²) in [4.78, 5) is 3.85. The van der Waals surface area contributed by atoms with Crippen molar-refractivity contribution in [3.63, 3.8) is 0 Å². The molecule has 0 aliphatic heterocycles. The zero-order valence-corrected chi connectivity index (χ0v) is 9.28. The summed E-state index contributed by atoms with van der Waals surface area (Å²) >= 11 is 0. The fourth-order valence-corrected chi connectivity index (χ4v) is 1.65. The summed E-state index contributed by atoms with van der Waals surface area (Å²) in [5.74, 6) is -3.42. The van der Waals surface area contributed by atoms with Crippen LogP contribution >= 0.6 is 0 Å². The maximum atomic E-state index is 13.4. The molecule has 2 rings (SSSR count). The Morgan fingerprint density at radius 3 is 2.50 bits per heavy atom. The summed E-state index contributed by atoms with van der Waals surface area (Å²) in [6, 6.07) is 4.47. The summed E-state index contributed by atoms with van der Waals surface area (Å²) < 4.78 is 39.1. The van der Waals surface area contributed by atoms with Gasteiger partial charge in [-0.1, -0.05) is 6.07 Å². The quantitative estimate of drug-likeness (QED) is 0.853. The lowest BCUT2D eigenvalue weighted by molar-refractivity contribution is 0.172. The summed E-state index contributed by atoms with van der Waals surface area (Å²) in [5, 5.41) is 9.81. The highest BCUT2D eigenvalue weighted by molar-refractivity contribution is 5.24. The van der Waals surface area contributed by atoms with E-state index in [9.17, 15) is 18.3 Å². The van der Waals surface area contributed by atoms with Crippen LogP contribution in [0.5, 0.6) is 0 Å². The molecule has 0 aliphatic carbocycles. The van der Waals surface area contributed by atoms with Crippen LogP contribution in [-0.2, 0) is 6.42 Å². The van der Waals surface area contributed by atoms with Gasteiger partial charge in [0.05, 0.1) is 6.10 Å². The third kappa shape index (κ3) is 2.68. The molecule has 0 saturated heterocycles. The normalized spacial score (nSPS) is 12.4. The van der Waals surface area contributed by atoms with E-state index in [0.29, 0.717) is 17.7 Å². The molecule has 0 fully saturated rings. The molecule has 0 radical (unpaired) electrons. The predicted octanol–water partition coefficient (Wildman–Crippen LogP) is 2.78. The molecule has 1 heterocycles. The Morgan fingerprint density at radius 2 is 1.83 bits per heavy atom. The van der Waals surface area contributed by atoms with Crippen molar-refractivity contribution in [2.75, 3.05) is 0 Å². The van der Waals surface area contributed by atoms with E-state index in [0.717, 1.165) is 0 Å². The number of rotatable bonds is 3. The van der Waals surface area contributed by atoms with Crippen molar-refractivity contribution in [1.29, 1.82) is 0 Å². The molecule has 1 atom stereocenters. The molecule has 2 nitrogen and oxygen atoms in total. The van der Waals surface area contributed by atoms with E-state index < -0.39 is 23.6 Å². The standard InChI is InChI=1S/C13H10F3NO/c14-10-6-12(16)11(15)5-9(10)13(18)4-8-2-1-3-17-7-8/h1-3,5-7,13,18H,4H2. The maximum Gasteiger partial charge on any atom is 0.161 e. The van der Waals surface area contributed by atoms with Crippen molar-refractivity contribution in [3.05, 3.63) is 65.2 Å². The van der Waals surface area contributed by atoms with Crippen LogP contribution in [0.4, 0.5) is 13.2 Å². The van der Waals surface area contributed by atoms with Crippen molar-refractivity contribution >= 4 is 0 Å². The van der Waals surface area contributed by atoms with E-state index in [4.69, 9.17) is 0 Å². The second-order valence-corrected chi connectivity index (χ2v) is 3.87. The summed E-state index contributed by atoms with van der Waals surface area (Å²) in [7, 11) is 0. The van der Waals surface area contributed by atoms with Crippen molar-refractivity contribution in [2.45, 2.75) is 12.5 Å². The van der Waals surface area contributed by atoms with Crippen LogP contribution in [-0.4, -0.2) is 10.1 Å². The third-order valence-corrected chi connectivity index (χ3v) is 2.55. The Morgan fingerprint density at radius 1 is 1.11 bits per heavy atom. The van der Waals surface area contributed by atoms with Crippen molar-refractivity contribution in [3.8, 4) is 0 Å². The molecule has 94 valence electrons. The number of aromatic nitrogens is 1. The Hall–Kier alpha value is -1.88. The smallest absolute Gasteiger partial charge is 0.161 e. The van der Waals surface area contributed by atoms with Gasteiger partial charge in [0.15, 0.2) is 11.6 Å². The van der Waals surface area contributed by atoms with Crippen LogP contribution in [0, 0.1) is 17.5 Å². The van der Waals surface area contributed by atoms with Gasteiger partial charge < -0.3 is 5.11 Å². The Balaban J connectivity index is 2.24. The van der Waals surface area contributed by atoms with E-state index >= 15 is 0 Å². The highest BCUT2D eigenvalue weighted by atomic mass is 19.2. The summed E-state index contributed by atoms with van der Waals surface area (Å²) in [6.07, 6.45) is 1.91. The predicted molar refractivity (Wildman–Crippen MR) is 59.2 cm³/mol. The molecular weight excluding hydrogens is 243 g/mol. The Labute approximate surface area is 102 Å². The Kier molecular flexibility index (Phi) is 3.62. The number of benzene rings is 1. The highest BCUT2D eigenvalue weighted by Gasteiger charge is 2.17. The molecule has 5 heteroatoms. The summed E-state index contributed by atoms with van der Waals surface area (Å²) in [6.45, 7) is 0. The third-order valence-electron chi connectivity index (χ3n) is 2.55. The van der Waals surface area contributed by atoms with E-state index in [1.807, 2.05) is 0 Å². The molecule has 1 aromatic carbocycles. The number of halogens is 3. The van der Waals surface area contributed by atoms with Gasteiger partial charge in [0.2, 0.25) is 0 Å². The molecule has 2 aromatic rings. The zero-order chi connectivity index (χ0) is 13.1. The minimum Gasteiger partial charge on any atom is -0.388 e. The lowest BCUT2D eigenvalue weighted by atomic mass is 10.0. The minimum absolute atomic E-state index is 0.0792. The SMILES string of the molecule is OC(Cc1cccnc1)c1cc(F)c(F)cc1F. The van der Waals surface area contributed by atoms with Crippen LogP contribution in [0.2, 0.25) is 0 Å². The second-order valence-electron chi connectivity index (χ2n) is 3.87. The maximum absolute atomic E-state index is 13.4. The zero-order valence-electron chi connectivity index (χ0n) is 9.28. The lowest BCUT2D eigenvalue weighted by Crippen LogP contribution is -2.06. The molecular formula is C13H10F3NO. The van der Waals surface area contributed by atoms with Gasteiger partial charge in [-0.2, -0.15) is 0 Å². The van der Waals surface area contributed by atoms with Gasteiger partial charge in [-0.05, 0) is 17.7 Å². The average molecular weight is 253 g/mol. The topological polar surface area (TPSA) is 33.1 Å². The van der Waals surface area contributed by atoms with Crippen molar-refractivity contribution in [1.82, 2.24) is 4.98 Å². The van der Waals surface area contributed by atoms with Gasteiger partial charge in [-0.15, -0.1) is 0 Å². The fourth-order valence-electron chi connectivity index (χ4n) is 1.65.